The Labute approximate surface area is 97.4 Å². The highest BCUT2D eigenvalue weighted by molar-refractivity contribution is 5.72. The quantitative estimate of drug-likeness (QED) is 0.296. The molecule has 1 aliphatic rings. The zero-order valence-corrected chi connectivity index (χ0v) is 10.5. The van der Waals surface area contributed by atoms with Gasteiger partial charge in [0, 0.05) is 0 Å². The van der Waals surface area contributed by atoms with Crippen molar-refractivity contribution in [3.63, 3.8) is 0 Å². The van der Waals surface area contributed by atoms with E-state index in [4.69, 9.17) is 4.74 Å². The highest BCUT2D eigenvalue weighted by Gasteiger charge is 2.30. The maximum atomic E-state index is 11.6. The van der Waals surface area contributed by atoms with Crippen LogP contribution >= 0.6 is 0 Å². The summed E-state index contributed by atoms with van der Waals surface area (Å²) in [5, 5.41) is 0. The fourth-order valence-corrected chi connectivity index (χ4v) is 1.71. The molecule has 0 aromatic heterocycles. The average molecular weight is 226 g/mol. The molecule has 4 nitrogen and oxygen atoms in total. The third-order valence-corrected chi connectivity index (χ3v) is 2.57. The van der Waals surface area contributed by atoms with E-state index in [1.807, 2.05) is 37.4 Å². The molecule has 0 N–H and O–H groups in total. The molecule has 0 aromatic carbocycles. The lowest BCUT2D eigenvalue weighted by molar-refractivity contribution is -0.759. The third-order valence-electron chi connectivity index (χ3n) is 2.57. The number of rotatable bonds is 6. The molecular weight excluding hydrogens is 204 g/mol. The molecule has 1 heterocycles. The van der Waals surface area contributed by atoms with Gasteiger partial charge in [-0.2, -0.15) is 4.58 Å². The van der Waals surface area contributed by atoms with Crippen molar-refractivity contribution >= 4 is 12.3 Å². The number of nitrogens with zero attached hydrogens (tertiary/aromatic N) is 2. The van der Waals surface area contributed by atoms with E-state index in [1.165, 1.54) is 0 Å². The molecule has 1 atom stereocenters. The minimum atomic E-state index is -0.130. The summed E-state index contributed by atoms with van der Waals surface area (Å²) in [6, 6.07) is 0. The maximum absolute atomic E-state index is 11.6. The van der Waals surface area contributed by atoms with Gasteiger partial charge in [-0.3, -0.25) is 0 Å². The van der Waals surface area contributed by atoms with E-state index in [9.17, 15) is 4.79 Å². The van der Waals surface area contributed by atoms with Crippen LogP contribution in [0.4, 0.5) is 0 Å². The summed E-state index contributed by atoms with van der Waals surface area (Å²) in [6.07, 6.45) is 9.14. The van der Waals surface area contributed by atoms with Crippen LogP contribution < -0.4 is 0 Å². The number of unbranched alkanes of at least 4 members (excludes halogenated alkanes) is 2. The van der Waals surface area contributed by atoms with Crippen molar-refractivity contribution in [2.45, 2.75) is 26.2 Å². The Morgan fingerprint density at radius 1 is 1.44 bits per heavy atom. The van der Waals surface area contributed by atoms with Crippen molar-refractivity contribution < 1.29 is 18.6 Å². The molecule has 0 bridgehead atoms. The summed E-state index contributed by atoms with van der Waals surface area (Å²) in [4.78, 5) is 11.6. The second kappa shape index (κ2) is 5.80. The van der Waals surface area contributed by atoms with E-state index < -0.39 is 0 Å². The van der Waals surface area contributed by atoms with Crippen LogP contribution in [-0.2, 0) is 9.53 Å². The van der Waals surface area contributed by atoms with Gasteiger partial charge in [0.1, 0.15) is 7.05 Å². The molecule has 0 fully saturated rings. The number of carbonyl (C=O) groups excluding carboxylic acids is 1. The van der Waals surface area contributed by atoms with Crippen molar-refractivity contribution in [1.82, 2.24) is 0 Å². The van der Waals surface area contributed by atoms with Gasteiger partial charge in [-0.25, -0.2) is 9.28 Å². The molecule has 4 heteroatoms. The van der Waals surface area contributed by atoms with Crippen LogP contribution in [0.1, 0.15) is 26.2 Å². The van der Waals surface area contributed by atoms with Crippen molar-refractivity contribution in [2.24, 2.45) is 0 Å². The van der Waals surface area contributed by atoms with E-state index >= 15 is 0 Å². The Kier molecular flexibility index (Phi) is 4.68. The number of ether oxygens (including phenoxy) is 1. The standard InChI is InChI=1S/C12H22N2O2/c1-4-5-6-9-16-12(15)10-14(3)8-7-13(2)11-14/h7-8,11H,4-6,9-10H2,1-3H3/q+2. The van der Waals surface area contributed by atoms with Crippen LogP contribution in [-0.4, -0.2) is 48.6 Å². The van der Waals surface area contributed by atoms with Gasteiger partial charge in [-0.05, 0) is 6.42 Å². The fourth-order valence-electron chi connectivity index (χ4n) is 1.71. The fraction of sp³-hybridized carbons (Fsp3) is 0.667. The zero-order chi connectivity index (χ0) is 12.0. The Bertz CT molecular complexity index is 310. The van der Waals surface area contributed by atoms with Crippen LogP contribution in [0.5, 0.6) is 0 Å². The summed E-state index contributed by atoms with van der Waals surface area (Å²) in [5.74, 6) is -0.130. The molecule has 90 valence electrons. The van der Waals surface area contributed by atoms with E-state index in [0.717, 1.165) is 19.3 Å². The predicted molar refractivity (Wildman–Crippen MR) is 62.9 cm³/mol. The van der Waals surface area contributed by atoms with Crippen LogP contribution in [0.3, 0.4) is 0 Å². The van der Waals surface area contributed by atoms with Crippen molar-refractivity contribution in [3.8, 4) is 0 Å². The molecule has 0 saturated carbocycles. The minimum Gasteiger partial charge on any atom is -0.462 e. The largest absolute Gasteiger partial charge is 0.462 e. The van der Waals surface area contributed by atoms with Gasteiger partial charge in [-0.1, -0.05) is 19.8 Å². The number of carbonyl (C=O) groups is 1. The second-order valence-corrected chi connectivity index (χ2v) is 4.51. The number of quaternary nitrogens is 1. The maximum Gasteiger partial charge on any atom is 0.362 e. The van der Waals surface area contributed by atoms with Crippen LogP contribution in [0.25, 0.3) is 0 Å². The third kappa shape index (κ3) is 4.14. The van der Waals surface area contributed by atoms with E-state index in [-0.39, 0.29) is 5.97 Å². The first kappa shape index (κ1) is 12.9. The number of hydrogen-bond donors (Lipinski definition) is 0. The number of likely N-dealkylation sites (N-methyl/N-ethyl adjacent to an activating group) is 1. The first-order chi connectivity index (χ1) is 7.56. The van der Waals surface area contributed by atoms with Gasteiger partial charge in [0.2, 0.25) is 6.20 Å². The van der Waals surface area contributed by atoms with E-state index in [2.05, 4.69) is 6.92 Å². The number of hydrogen-bond acceptors (Lipinski definition) is 2. The summed E-state index contributed by atoms with van der Waals surface area (Å²) in [5.41, 5.74) is 0. The highest BCUT2D eigenvalue weighted by Crippen LogP contribution is 2.06. The Morgan fingerprint density at radius 2 is 2.19 bits per heavy atom. The molecule has 0 spiro atoms. The summed E-state index contributed by atoms with van der Waals surface area (Å²) >= 11 is 0. The first-order valence-electron chi connectivity index (χ1n) is 5.83. The Balaban J connectivity index is 2.27. The molecule has 0 aromatic rings. The number of esters is 1. The van der Waals surface area contributed by atoms with E-state index in [1.54, 1.807) is 0 Å². The normalized spacial score (nSPS) is 23.3. The lowest BCUT2D eigenvalue weighted by atomic mass is 10.3. The Morgan fingerprint density at radius 3 is 2.75 bits per heavy atom. The SMILES string of the molecule is CCCCCOC(=O)C[N+]1(C)C=C[N+](C)=C1. The Hall–Kier alpha value is -1.16. The van der Waals surface area contributed by atoms with Gasteiger partial charge in [0.25, 0.3) is 0 Å². The van der Waals surface area contributed by atoms with Gasteiger partial charge in [-0.15, -0.1) is 0 Å². The van der Waals surface area contributed by atoms with Crippen LogP contribution in [0.2, 0.25) is 0 Å². The van der Waals surface area contributed by atoms with E-state index in [0.29, 0.717) is 17.6 Å². The molecule has 0 amide bonds. The highest BCUT2D eigenvalue weighted by atomic mass is 16.5. The lowest BCUT2D eigenvalue weighted by Crippen LogP contribution is -2.41. The predicted octanol–water partition coefficient (Wildman–Crippen LogP) is 1.32. The molecule has 1 aliphatic heterocycles. The summed E-state index contributed by atoms with van der Waals surface area (Å²) in [6.45, 7) is 3.05. The van der Waals surface area contributed by atoms with Crippen LogP contribution in [0.15, 0.2) is 12.4 Å². The monoisotopic (exact) mass is 226 g/mol. The zero-order valence-electron chi connectivity index (χ0n) is 10.5. The van der Waals surface area contributed by atoms with Crippen molar-refractivity contribution in [3.05, 3.63) is 12.4 Å². The molecule has 1 unspecified atom stereocenters. The average Bonchev–Trinajstić information content (AvgIpc) is 2.53. The molecule has 0 aliphatic carbocycles. The molecule has 0 radical (unpaired) electrons. The van der Waals surface area contributed by atoms with Crippen LogP contribution in [0, 0.1) is 0 Å². The van der Waals surface area contributed by atoms with Gasteiger partial charge < -0.3 is 4.74 Å². The molecular formula is C12H22N2O2+2. The smallest absolute Gasteiger partial charge is 0.362 e. The van der Waals surface area contributed by atoms with Gasteiger partial charge in [0.15, 0.2) is 12.7 Å². The lowest BCUT2D eigenvalue weighted by Gasteiger charge is -2.16. The molecule has 1 rings (SSSR count). The second-order valence-electron chi connectivity index (χ2n) is 4.51. The van der Waals surface area contributed by atoms with Gasteiger partial charge >= 0.3 is 12.3 Å². The topological polar surface area (TPSA) is 29.3 Å². The van der Waals surface area contributed by atoms with Crippen molar-refractivity contribution in [2.75, 3.05) is 27.2 Å². The van der Waals surface area contributed by atoms with Crippen molar-refractivity contribution in [1.29, 1.82) is 0 Å². The summed E-state index contributed by atoms with van der Waals surface area (Å²) in [7, 11) is 3.93. The first-order valence-corrected chi connectivity index (χ1v) is 5.83. The molecule has 16 heavy (non-hydrogen) atoms. The van der Waals surface area contributed by atoms with Gasteiger partial charge in [0.05, 0.1) is 13.7 Å². The summed E-state index contributed by atoms with van der Waals surface area (Å²) < 4.78 is 7.62. The molecule has 0 saturated heterocycles. The minimum absolute atomic E-state index is 0.130.